The molecule has 4 heteroatoms. The van der Waals surface area contributed by atoms with Gasteiger partial charge in [-0.2, -0.15) is 0 Å². The van der Waals surface area contributed by atoms with Crippen molar-refractivity contribution >= 4 is 0 Å². The quantitative estimate of drug-likeness (QED) is 0.836. The molecule has 0 unspecified atom stereocenters. The summed E-state index contributed by atoms with van der Waals surface area (Å²) < 4.78 is 1.76. The van der Waals surface area contributed by atoms with E-state index in [1.807, 2.05) is 25.3 Å². The van der Waals surface area contributed by atoms with Crippen molar-refractivity contribution < 1.29 is 5.11 Å². The standard InChI is InChI=1S/C13H20N2O2/c1-11-3-2-6-15(13(11)17)10-9-14-7-4-12(16)5-8-14/h2-3,6,12,16H,4-5,7-10H2,1H3. The highest BCUT2D eigenvalue weighted by molar-refractivity contribution is 5.07. The SMILES string of the molecule is Cc1cccn(CCN2CCC(O)CC2)c1=O. The topological polar surface area (TPSA) is 45.5 Å². The fourth-order valence-electron chi connectivity index (χ4n) is 2.22. The van der Waals surface area contributed by atoms with Crippen LogP contribution in [-0.2, 0) is 6.54 Å². The number of aryl methyl sites for hydroxylation is 1. The molecular formula is C13H20N2O2. The van der Waals surface area contributed by atoms with Gasteiger partial charge in [-0.15, -0.1) is 0 Å². The Hall–Kier alpha value is -1.13. The first kappa shape index (κ1) is 12.3. The zero-order chi connectivity index (χ0) is 12.3. The summed E-state index contributed by atoms with van der Waals surface area (Å²) in [6.45, 7) is 5.33. The Labute approximate surface area is 101 Å². The van der Waals surface area contributed by atoms with Crippen molar-refractivity contribution in [2.45, 2.75) is 32.4 Å². The van der Waals surface area contributed by atoms with E-state index in [0.717, 1.165) is 44.6 Å². The lowest BCUT2D eigenvalue weighted by atomic mass is 10.1. The first-order valence-electron chi connectivity index (χ1n) is 6.23. The maximum Gasteiger partial charge on any atom is 0.253 e. The average Bonchev–Trinajstić information content (AvgIpc) is 2.33. The highest BCUT2D eigenvalue weighted by atomic mass is 16.3. The number of aliphatic hydroxyl groups is 1. The van der Waals surface area contributed by atoms with Gasteiger partial charge in [0.1, 0.15) is 0 Å². The molecule has 0 amide bonds. The Kier molecular flexibility index (Phi) is 3.97. The minimum Gasteiger partial charge on any atom is -0.393 e. The van der Waals surface area contributed by atoms with Crippen molar-refractivity contribution in [3.05, 3.63) is 34.2 Å². The van der Waals surface area contributed by atoms with Gasteiger partial charge >= 0.3 is 0 Å². The van der Waals surface area contributed by atoms with Gasteiger partial charge in [-0.3, -0.25) is 4.79 Å². The number of aliphatic hydroxyl groups excluding tert-OH is 1. The number of hydrogen-bond acceptors (Lipinski definition) is 3. The van der Waals surface area contributed by atoms with E-state index in [1.54, 1.807) is 4.57 Å². The van der Waals surface area contributed by atoms with Crippen LogP contribution in [0.25, 0.3) is 0 Å². The Bertz CT molecular complexity index is 420. The minimum atomic E-state index is -0.132. The molecule has 0 aliphatic carbocycles. The van der Waals surface area contributed by atoms with E-state index in [4.69, 9.17) is 0 Å². The molecule has 1 N–H and O–H groups in total. The Morgan fingerprint density at radius 1 is 1.35 bits per heavy atom. The van der Waals surface area contributed by atoms with E-state index in [1.165, 1.54) is 0 Å². The smallest absolute Gasteiger partial charge is 0.253 e. The van der Waals surface area contributed by atoms with Crippen molar-refractivity contribution in [1.29, 1.82) is 0 Å². The van der Waals surface area contributed by atoms with Gasteiger partial charge in [-0.05, 0) is 25.8 Å². The second-order valence-electron chi connectivity index (χ2n) is 4.76. The molecule has 1 fully saturated rings. The molecule has 1 aromatic rings. The van der Waals surface area contributed by atoms with Gasteiger partial charge in [0.25, 0.3) is 5.56 Å². The van der Waals surface area contributed by atoms with Gasteiger partial charge in [0.2, 0.25) is 0 Å². The van der Waals surface area contributed by atoms with Crippen LogP contribution in [0.3, 0.4) is 0 Å². The third kappa shape index (κ3) is 3.17. The predicted molar refractivity (Wildman–Crippen MR) is 67.1 cm³/mol. The van der Waals surface area contributed by atoms with Crippen molar-refractivity contribution in [1.82, 2.24) is 9.47 Å². The molecule has 2 heterocycles. The third-order valence-corrected chi connectivity index (χ3v) is 3.42. The summed E-state index contributed by atoms with van der Waals surface area (Å²) in [7, 11) is 0. The maximum atomic E-state index is 11.8. The van der Waals surface area contributed by atoms with Gasteiger partial charge in [0.05, 0.1) is 6.10 Å². The van der Waals surface area contributed by atoms with Crippen LogP contribution in [0.1, 0.15) is 18.4 Å². The van der Waals surface area contributed by atoms with E-state index in [2.05, 4.69) is 4.90 Å². The number of piperidine rings is 1. The summed E-state index contributed by atoms with van der Waals surface area (Å²) in [6.07, 6.45) is 3.41. The van der Waals surface area contributed by atoms with Crippen LogP contribution in [0.5, 0.6) is 0 Å². The molecule has 1 aliphatic heterocycles. The van der Waals surface area contributed by atoms with Crippen molar-refractivity contribution in [3.8, 4) is 0 Å². The normalized spacial score (nSPS) is 18.5. The fourth-order valence-corrected chi connectivity index (χ4v) is 2.22. The molecule has 1 saturated heterocycles. The Balaban J connectivity index is 1.90. The lowest BCUT2D eigenvalue weighted by molar-refractivity contribution is 0.0808. The molecule has 94 valence electrons. The molecule has 0 spiro atoms. The van der Waals surface area contributed by atoms with Crippen LogP contribution in [0, 0.1) is 6.92 Å². The van der Waals surface area contributed by atoms with Gasteiger partial charge in [0.15, 0.2) is 0 Å². The first-order chi connectivity index (χ1) is 8.16. The van der Waals surface area contributed by atoms with Crippen molar-refractivity contribution in [2.24, 2.45) is 0 Å². The summed E-state index contributed by atoms with van der Waals surface area (Å²) in [5.41, 5.74) is 0.895. The molecule has 0 saturated carbocycles. The first-order valence-corrected chi connectivity index (χ1v) is 6.23. The zero-order valence-corrected chi connectivity index (χ0v) is 10.3. The molecule has 2 rings (SSSR count). The van der Waals surface area contributed by atoms with Crippen LogP contribution in [0.15, 0.2) is 23.1 Å². The van der Waals surface area contributed by atoms with Crippen LogP contribution in [0.4, 0.5) is 0 Å². The summed E-state index contributed by atoms with van der Waals surface area (Å²) in [4.78, 5) is 14.1. The van der Waals surface area contributed by atoms with Crippen LogP contribution >= 0.6 is 0 Å². The number of aromatic nitrogens is 1. The minimum absolute atomic E-state index is 0.101. The van der Waals surface area contributed by atoms with E-state index >= 15 is 0 Å². The number of nitrogens with zero attached hydrogens (tertiary/aromatic N) is 2. The summed E-state index contributed by atoms with van der Waals surface area (Å²) in [6, 6.07) is 3.76. The van der Waals surface area contributed by atoms with Crippen LogP contribution < -0.4 is 5.56 Å². The molecule has 0 bridgehead atoms. The highest BCUT2D eigenvalue weighted by Gasteiger charge is 2.16. The molecule has 4 nitrogen and oxygen atoms in total. The van der Waals surface area contributed by atoms with Crippen LogP contribution in [-0.4, -0.2) is 40.3 Å². The third-order valence-electron chi connectivity index (χ3n) is 3.42. The largest absolute Gasteiger partial charge is 0.393 e. The molecule has 1 aromatic heterocycles. The number of pyridine rings is 1. The summed E-state index contributed by atoms with van der Waals surface area (Å²) in [5, 5.41) is 9.41. The highest BCUT2D eigenvalue weighted by Crippen LogP contribution is 2.09. The lowest BCUT2D eigenvalue weighted by Gasteiger charge is -2.29. The second kappa shape index (κ2) is 5.47. The Morgan fingerprint density at radius 2 is 2.06 bits per heavy atom. The van der Waals surface area contributed by atoms with E-state index < -0.39 is 0 Å². The lowest BCUT2D eigenvalue weighted by Crippen LogP contribution is -2.38. The molecule has 0 aromatic carbocycles. The van der Waals surface area contributed by atoms with Gasteiger partial charge < -0.3 is 14.6 Å². The fraction of sp³-hybridized carbons (Fsp3) is 0.615. The second-order valence-corrected chi connectivity index (χ2v) is 4.76. The predicted octanol–water partition coefficient (Wildman–Crippen LogP) is 0.613. The van der Waals surface area contributed by atoms with Gasteiger partial charge in [0, 0.05) is 37.9 Å². The van der Waals surface area contributed by atoms with E-state index in [9.17, 15) is 9.90 Å². The summed E-state index contributed by atoms with van der Waals surface area (Å²) in [5.74, 6) is 0. The van der Waals surface area contributed by atoms with Gasteiger partial charge in [-0.25, -0.2) is 0 Å². The molecule has 0 atom stereocenters. The monoisotopic (exact) mass is 236 g/mol. The molecule has 0 radical (unpaired) electrons. The van der Waals surface area contributed by atoms with E-state index in [0.29, 0.717) is 0 Å². The van der Waals surface area contributed by atoms with Crippen molar-refractivity contribution in [3.63, 3.8) is 0 Å². The van der Waals surface area contributed by atoms with Crippen molar-refractivity contribution in [2.75, 3.05) is 19.6 Å². The maximum absolute atomic E-state index is 11.8. The van der Waals surface area contributed by atoms with Crippen LogP contribution in [0.2, 0.25) is 0 Å². The molecule has 1 aliphatic rings. The number of hydrogen-bond donors (Lipinski definition) is 1. The van der Waals surface area contributed by atoms with Gasteiger partial charge in [-0.1, -0.05) is 6.07 Å². The average molecular weight is 236 g/mol. The molecular weight excluding hydrogens is 216 g/mol. The molecule has 17 heavy (non-hydrogen) atoms. The number of rotatable bonds is 3. The Morgan fingerprint density at radius 3 is 2.76 bits per heavy atom. The summed E-state index contributed by atoms with van der Waals surface area (Å²) >= 11 is 0. The number of likely N-dealkylation sites (tertiary alicyclic amines) is 1. The van der Waals surface area contributed by atoms with E-state index in [-0.39, 0.29) is 11.7 Å². The zero-order valence-electron chi connectivity index (χ0n) is 10.3.